The molecule has 0 saturated carbocycles. The molecule has 0 fully saturated rings. The van der Waals surface area contributed by atoms with Crippen molar-refractivity contribution in [2.24, 2.45) is 5.92 Å². The van der Waals surface area contributed by atoms with Gasteiger partial charge in [-0.2, -0.15) is 0 Å². The molecule has 0 saturated heterocycles. The third-order valence-electron chi connectivity index (χ3n) is 1.01. The number of hydrogen-bond acceptors (Lipinski definition) is 2. The van der Waals surface area contributed by atoms with Crippen molar-refractivity contribution >= 4 is 5.97 Å². The van der Waals surface area contributed by atoms with Crippen LogP contribution in [0.5, 0.6) is 0 Å². The maximum Gasteiger partial charge on any atom is 1.00 e. The summed E-state index contributed by atoms with van der Waals surface area (Å²) in [5.41, 5.74) is 0. The maximum absolute atomic E-state index is 9.82. The Balaban J connectivity index is 0. The van der Waals surface area contributed by atoms with E-state index < -0.39 is 5.97 Å². The summed E-state index contributed by atoms with van der Waals surface area (Å²) in [7, 11) is 0. The van der Waals surface area contributed by atoms with Crippen LogP contribution in [0, 0.1) is 5.92 Å². The molecule has 0 N–H and O–H groups in total. The number of carboxylic acid groups (broad SMARTS) is 1. The largest absolute Gasteiger partial charge is 1.00 e. The van der Waals surface area contributed by atoms with Crippen LogP contribution >= 0.6 is 0 Å². The third kappa shape index (κ3) is 4.37. The Hall–Kier alpha value is 0.210. The van der Waals surface area contributed by atoms with Crippen LogP contribution in [-0.2, 0) is 27.2 Å². The fourth-order valence-electron chi connectivity index (χ4n) is 0.167. The molecule has 0 bridgehead atoms. The van der Waals surface area contributed by atoms with Gasteiger partial charge in [-0.1, -0.05) is 13.8 Å². The first-order valence-electron chi connectivity index (χ1n) is 2.39. The smallest absolute Gasteiger partial charge is 0.550 e. The van der Waals surface area contributed by atoms with Gasteiger partial charge < -0.3 is 9.90 Å². The zero-order valence-corrected chi connectivity index (χ0v) is 6.38. The molecule has 0 aromatic carbocycles. The van der Waals surface area contributed by atoms with E-state index in [1.807, 2.05) is 6.92 Å². The van der Waals surface area contributed by atoms with Gasteiger partial charge in [0.05, 0.1) is 0 Å². The second-order valence-corrected chi connectivity index (χ2v) is 1.63. The first kappa shape index (κ1) is 11.1. The molecular weight excluding hydrogens is 200 g/mol. The van der Waals surface area contributed by atoms with Crippen LogP contribution in [0.2, 0.25) is 0 Å². The molecule has 0 amide bonds. The Kier molecular flexibility index (Phi) is 7.40. The fourth-order valence-corrected chi connectivity index (χ4v) is 0.167. The fraction of sp³-hybridized carbons (Fsp3) is 0.800. The Morgan fingerprint density at radius 3 is 2.12 bits per heavy atom. The van der Waals surface area contributed by atoms with Crippen molar-refractivity contribution in [3.63, 3.8) is 0 Å². The van der Waals surface area contributed by atoms with Crippen molar-refractivity contribution in [2.45, 2.75) is 20.3 Å². The van der Waals surface area contributed by atoms with E-state index in [0.29, 0.717) is 6.42 Å². The molecule has 0 aliphatic heterocycles. The van der Waals surface area contributed by atoms with E-state index in [1.165, 1.54) is 0 Å². The summed E-state index contributed by atoms with van der Waals surface area (Å²) in [6.45, 7) is 3.45. The molecule has 0 spiro atoms. The summed E-state index contributed by atoms with van der Waals surface area (Å²) >= 11 is 0. The van der Waals surface area contributed by atoms with Crippen molar-refractivity contribution < 1.29 is 32.3 Å². The summed E-state index contributed by atoms with van der Waals surface area (Å²) in [4.78, 5) is 9.82. The molecule has 0 heterocycles. The number of aliphatic carboxylic acids is 1. The van der Waals surface area contributed by atoms with Gasteiger partial charge in [0.1, 0.15) is 0 Å². The van der Waals surface area contributed by atoms with Crippen LogP contribution in [0.15, 0.2) is 0 Å². The van der Waals surface area contributed by atoms with Crippen molar-refractivity contribution in [2.75, 3.05) is 0 Å². The van der Waals surface area contributed by atoms with Crippen molar-refractivity contribution in [1.29, 1.82) is 0 Å². The molecular formula is C5H9AgO2. The monoisotopic (exact) mass is 208 g/mol. The molecule has 1 unspecified atom stereocenters. The molecule has 0 aliphatic carbocycles. The van der Waals surface area contributed by atoms with Gasteiger partial charge in [0.25, 0.3) is 0 Å². The van der Waals surface area contributed by atoms with E-state index in [-0.39, 0.29) is 28.3 Å². The van der Waals surface area contributed by atoms with Crippen LogP contribution in [0.1, 0.15) is 20.3 Å². The van der Waals surface area contributed by atoms with E-state index in [0.717, 1.165) is 0 Å². The first-order valence-corrected chi connectivity index (χ1v) is 2.39. The number of carboxylic acids is 1. The zero-order chi connectivity index (χ0) is 5.86. The molecule has 0 aliphatic rings. The maximum atomic E-state index is 9.82. The SMILES string of the molecule is CCC(C)C(=O)[O-].[Ag+]. The third-order valence-corrected chi connectivity index (χ3v) is 1.01. The average molecular weight is 209 g/mol. The van der Waals surface area contributed by atoms with Gasteiger partial charge >= 0.3 is 22.4 Å². The Morgan fingerprint density at radius 2 is 2.12 bits per heavy atom. The summed E-state index contributed by atoms with van der Waals surface area (Å²) < 4.78 is 0. The summed E-state index contributed by atoms with van der Waals surface area (Å²) in [6, 6.07) is 0. The topological polar surface area (TPSA) is 40.1 Å². The Morgan fingerprint density at radius 1 is 1.75 bits per heavy atom. The Bertz CT molecular complexity index is 72.8. The average Bonchev–Trinajstić information content (AvgIpc) is 1.65. The second kappa shape index (κ2) is 5.35. The predicted molar refractivity (Wildman–Crippen MR) is 24.5 cm³/mol. The molecule has 0 radical (unpaired) electrons. The quantitative estimate of drug-likeness (QED) is 0.590. The second-order valence-electron chi connectivity index (χ2n) is 1.63. The number of carbonyl (C=O) groups is 1. The molecule has 0 aromatic heterocycles. The molecule has 52 valence electrons. The van der Waals surface area contributed by atoms with Crippen LogP contribution in [0.3, 0.4) is 0 Å². The standard InChI is InChI=1S/C5H10O2.Ag/c1-3-4(2)5(6)7;/h4H,3H2,1-2H3,(H,6,7);/q;+1/p-1. The summed E-state index contributed by atoms with van der Waals surface area (Å²) in [5.74, 6) is -1.25. The van der Waals surface area contributed by atoms with Crippen LogP contribution < -0.4 is 5.11 Å². The van der Waals surface area contributed by atoms with Gasteiger partial charge in [0, 0.05) is 5.97 Å². The van der Waals surface area contributed by atoms with E-state index in [1.54, 1.807) is 6.92 Å². The van der Waals surface area contributed by atoms with Gasteiger partial charge in [0.2, 0.25) is 0 Å². The molecule has 0 aromatic rings. The van der Waals surface area contributed by atoms with Crippen LogP contribution in [-0.4, -0.2) is 5.97 Å². The normalized spacial score (nSPS) is 11.8. The van der Waals surface area contributed by atoms with Gasteiger partial charge in [-0.25, -0.2) is 0 Å². The predicted octanol–water partition coefficient (Wildman–Crippen LogP) is -0.220. The van der Waals surface area contributed by atoms with Crippen LogP contribution in [0.25, 0.3) is 0 Å². The number of rotatable bonds is 2. The Labute approximate surface area is 64.8 Å². The van der Waals surface area contributed by atoms with Gasteiger partial charge in [-0.05, 0) is 12.3 Å². The van der Waals surface area contributed by atoms with Gasteiger partial charge in [0.15, 0.2) is 0 Å². The van der Waals surface area contributed by atoms with Crippen molar-refractivity contribution in [3.8, 4) is 0 Å². The summed E-state index contributed by atoms with van der Waals surface area (Å²) in [6.07, 6.45) is 0.655. The first-order chi connectivity index (χ1) is 3.18. The van der Waals surface area contributed by atoms with E-state index in [2.05, 4.69) is 0 Å². The minimum atomic E-state index is -0.956. The number of carbonyl (C=O) groups excluding carboxylic acids is 1. The van der Waals surface area contributed by atoms with Crippen molar-refractivity contribution in [3.05, 3.63) is 0 Å². The van der Waals surface area contributed by atoms with Gasteiger partial charge in [-0.15, -0.1) is 0 Å². The summed E-state index contributed by atoms with van der Waals surface area (Å²) in [5, 5.41) is 9.82. The van der Waals surface area contributed by atoms with Crippen LogP contribution in [0.4, 0.5) is 0 Å². The number of hydrogen-bond donors (Lipinski definition) is 0. The van der Waals surface area contributed by atoms with E-state index in [9.17, 15) is 9.90 Å². The van der Waals surface area contributed by atoms with Gasteiger partial charge in [-0.3, -0.25) is 0 Å². The van der Waals surface area contributed by atoms with E-state index >= 15 is 0 Å². The minimum Gasteiger partial charge on any atom is -0.550 e. The zero-order valence-electron chi connectivity index (χ0n) is 4.90. The minimum absolute atomic E-state index is 0. The molecule has 3 heteroatoms. The molecule has 1 atom stereocenters. The van der Waals surface area contributed by atoms with E-state index in [4.69, 9.17) is 0 Å². The molecule has 8 heavy (non-hydrogen) atoms. The molecule has 0 rings (SSSR count). The molecule has 2 nitrogen and oxygen atoms in total. The van der Waals surface area contributed by atoms with Crippen molar-refractivity contribution in [1.82, 2.24) is 0 Å².